The van der Waals surface area contributed by atoms with E-state index in [0.29, 0.717) is 62.9 Å². The Labute approximate surface area is 250 Å². The number of benzene rings is 2. The molecule has 2 saturated heterocycles. The number of nitrogens with one attached hydrogen (secondary N) is 1. The Hall–Kier alpha value is -4.46. The zero-order chi connectivity index (χ0) is 31.8. The van der Waals surface area contributed by atoms with Crippen LogP contribution in [0.3, 0.4) is 0 Å². The molecule has 3 aromatic rings. The van der Waals surface area contributed by atoms with Gasteiger partial charge in [-0.1, -0.05) is 0 Å². The lowest BCUT2D eigenvalue weighted by molar-refractivity contribution is -0.138. The predicted octanol–water partition coefficient (Wildman–Crippen LogP) is 5.24. The summed E-state index contributed by atoms with van der Waals surface area (Å²) in [7, 11) is 1.95. The van der Waals surface area contributed by atoms with Gasteiger partial charge in [-0.2, -0.15) is 13.2 Å². The first-order valence-corrected chi connectivity index (χ1v) is 14.0. The van der Waals surface area contributed by atoms with E-state index < -0.39 is 40.9 Å². The molecule has 234 valence electrons. The quantitative estimate of drug-likeness (QED) is 0.378. The first-order chi connectivity index (χ1) is 20.8. The lowest BCUT2D eigenvalue weighted by Crippen LogP contribution is -2.50. The van der Waals surface area contributed by atoms with E-state index in [1.165, 1.54) is 23.2 Å². The molecule has 3 heterocycles. The molecule has 2 fully saturated rings. The average Bonchev–Trinajstić information content (AvgIpc) is 2.99. The summed E-state index contributed by atoms with van der Waals surface area (Å²) in [6.45, 7) is 5.08. The number of alkyl halides is 3. The van der Waals surface area contributed by atoms with E-state index in [2.05, 4.69) is 15.2 Å². The summed E-state index contributed by atoms with van der Waals surface area (Å²) in [5, 5.41) is 11.7. The van der Waals surface area contributed by atoms with Gasteiger partial charge in [-0.3, -0.25) is 4.79 Å². The van der Waals surface area contributed by atoms with Gasteiger partial charge < -0.3 is 30.0 Å². The van der Waals surface area contributed by atoms with E-state index >= 15 is 4.39 Å². The second-order valence-corrected chi connectivity index (χ2v) is 10.9. The summed E-state index contributed by atoms with van der Waals surface area (Å²) in [5.41, 5.74) is -1.36. The van der Waals surface area contributed by atoms with E-state index in [-0.39, 0.29) is 23.4 Å². The van der Waals surface area contributed by atoms with Crippen molar-refractivity contribution >= 4 is 29.2 Å². The molecule has 5 rings (SSSR count). The second-order valence-electron chi connectivity index (χ2n) is 10.9. The van der Waals surface area contributed by atoms with Crippen molar-refractivity contribution in [3.63, 3.8) is 0 Å². The molecule has 2 amide bonds. The Morgan fingerprint density at radius 1 is 0.955 bits per heavy atom. The highest BCUT2D eigenvalue weighted by Gasteiger charge is 2.36. The number of aromatic nitrogens is 1. The van der Waals surface area contributed by atoms with Gasteiger partial charge >= 0.3 is 12.3 Å². The number of likely N-dealkylation sites (N-methyl/N-ethyl adjacent to an activating group) is 1. The van der Waals surface area contributed by atoms with Crippen LogP contribution in [0.25, 0.3) is 11.1 Å². The topological polar surface area (TPSA) is 92.2 Å². The van der Waals surface area contributed by atoms with Crippen LogP contribution in [0, 0.1) is 11.6 Å². The van der Waals surface area contributed by atoms with Gasteiger partial charge in [0.25, 0.3) is 5.91 Å². The molecule has 0 saturated carbocycles. The lowest BCUT2D eigenvalue weighted by atomic mass is 10.0. The number of carbonyl (C=O) groups is 2. The van der Waals surface area contributed by atoms with Crippen molar-refractivity contribution in [1.29, 1.82) is 0 Å². The summed E-state index contributed by atoms with van der Waals surface area (Å²) in [6, 6.07) is 7.82. The number of carboxylic acid groups (broad SMARTS) is 1. The van der Waals surface area contributed by atoms with Crippen molar-refractivity contribution in [1.82, 2.24) is 14.8 Å². The van der Waals surface area contributed by atoms with Crippen LogP contribution in [0.15, 0.2) is 48.7 Å². The molecule has 2 N–H and O–H groups in total. The molecule has 0 radical (unpaired) electrons. The molecule has 0 spiro atoms. The fourth-order valence-corrected chi connectivity index (χ4v) is 5.41. The summed E-state index contributed by atoms with van der Waals surface area (Å²) in [4.78, 5) is 36.1. The summed E-state index contributed by atoms with van der Waals surface area (Å²) < 4.78 is 70.5. The Morgan fingerprint density at radius 3 is 2.27 bits per heavy atom. The maximum atomic E-state index is 15.7. The molecule has 9 nitrogen and oxygen atoms in total. The molecule has 0 aliphatic carbocycles. The summed E-state index contributed by atoms with van der Waals surface area (Å²) >= 11 is 0. The molecule has 0 bridgehead atoms. The average molecular weight is 619 g/mol. The minimum absolute atomic E-state index is 0.0659. The van der Waals surface area contributed by atoms with E-state index in [1.54, 1.807) is 12.1 Å². The van der Waals surface area contributed by atoms with Crippen LogP contribution in [-0.2, 0) is 6.18 Å². The summed E-state index contributed by atoms with van der Waals surface area (Å²) in [5.74, 6) is -2.30. The maximum absolute atomic E-state index is 15.7. The number of carbonyl (C=O) groups excluding carboxylic acids is 1. The molecule has 44 heavy (non-hydrogen) atoms. The van der Waals surface area contributed by atoms with Crippen molar-refractivity contribution in [2.75, 3.05) is 68.0 Å². The smallest absolute Gasteiger partial charge is 0.417 e. The van der Waals surface area contributed by atoms with Crippen LogP contribution < -0.4 is 15.1 Å². The van der Waals surface area contributed by atoms with Crippen LogP contribution in [0.5, 0.6) is 0 Å². The molecule has 1 aromatic heterocycles. The first kappa shape index (κ1) is 31.0. The van der Waals surface area contributed by atoms with Crippen molar-refractivity contribution in [2.45, 2.75) is 19.1 Å². The van der Waals surface area contributed by atoms with Crippen LogP contribution in [0.2, 0.25) is 0 Å². The molecule has 2 aliphatic heterocycles. The van der Waals surface area contributed by atoms with Crippen LogP contribution >= 0.6 is 0 Å². The number of halogens is 5. The maximum Gasteiger partial charge on any atom is 0.417 e. The van der Waals surface area contributed by atoms with Crippen LogP contribution in [0.4, 0.5) is 43.9 Å². The Kier molecular flexibility index (Phi) is 8.64. The van der Waals surface area contributed by atoms with Gasteiger partial charge in [0, 0.05) is 69.2 Å². The fourth-order valence-electron chi connectivity index (χ4n) is 5.41. The standard InChI is InChI=1S/C30H31F5N6O3/c1-18-17-41(8-7-38(18)2)26-15-24(32)22(19-3-6-27(36-16-19)39-9-11-40(12-10-39)29(43)44)14-25(26)37-28(42)21-5-4-20(31)13-23(21)30(33,34)35/h3-6,13-16,18H,7-12,17H2,1-2H3,(H,37,42)(H,43,44)/t18-/m1/s1. The number of anilines is 3. The van der Waals surface area contributed by atoms with E-state index in [4.69, 9.17) is 0 Å². The Bertz CT molecular complexity index is 1540. The fraction of sp³-hybridized carbons (Fsp3) is 0.367. The van der Waals surface area contributed by atoms with Gasteiger partial charge in [0.2, 0.25) is 0 Å². The third-order valence-corrected chi connectivity index (χ3v) is 8.10. The number of hydrogen-bond donors (Lipinski definition) is 2. The number of hydrogen-bond acceptors (Lipinski definition) is 6. The Balaban J connectivity index is 1.48. The third-order valence-electron chi connectivity index (χ3n) is 8.10. The molecule has 0 unspecified atom stereocenters. The summed E-state index contributed by atoms with van der Waals surface area (Å²) in [6.07, 6.45) is -4.52. The molecular formula is C30H31F5N6O3. The molecule has 2 aliphatic rings. The van der Waals surface area contributed by atoms with Crippen molar-refractivity contribution < 1.29 is 36.6 Å². The number of piperazine rings is 2. The van der Waals surface area contributed by atoms with Gasteiger partial charge in [-0.25, -0.2) is 18.6 Å². The number of amides is 2. The zero-order valence-electron chi connectivity index (χ0n) is 24.0. The van der Waals surface area contributed by atoms with E-state index in [9.17, 15) is 32.3 Å². The lowest BCUT2D eigenvalue weighted by Gasteiger charge is -2.39. The van der Waals surface area contributed by atoms with E-state index in [0.717, 1.165) is 12.1 Å². The van der Waals surface area contributed by atoms with Gasteiger partial charge in [0.1, 0.15) is 17.5 Å². The van der Waals surface area contributed by atoms with Gasteiger partial charge in [-0.15, -0.1) is 0 Å². The normalized spacial score (nSPS) is 18.0. The van der Waals surface area contributed by atoms with Gasteiger partial charge in [0.05, 0.1) is 22.5 Å². The zero-order valence-corrected chi connectivity index (χ0v) is 24.0. The second kappa shape index (κ2) is 12.3. The molecule has 2 aromatic carbocycles. The molecule has 14 heteroatoms. The largest absolute Gasteiger partial charge is 0.465 e. The monoisotopic (exact) mass is 618 g/mol. The van der Waals surface area contributed by atoms with Crippen molar-refractivity contribution in [3.05, 3.63) is 71.4 Å². The molecule has 1 atom stereocenters. The SMILES string of the molecule is C[C@@H]1CN(c2cc(F)c(-c3ccc(N4CCN(C(=O)O)CC4)nc3)cc2NC(=O)c2ccc(F)cc2C(F)(F)F)CCN1C. The minimum atomic E-state index is -4.98. The van der Waals surface area contributed by atoms with Crippen molar-refractivity contribution in [2.24, 2.45) is 0 Å². The highest BCUT2D eigenvalue weighted by atomic mass is 19.4. The highest BCUT2D eigenvalue weighted by Crippen LogP contribution is 2.37. The number of pyridine rings is 1. The highest BCUT2D eigenvalue weighted by molar-refractivity contribution is 6.07. The number of rotatable bonds is 5. The third kappa shape index (κ3) is 6.54. The van der Waals surface area contributed by atoms with Gasteiger partial charge in [-0.05, 0) is 56.4 Å². The minimum Gasteiger partial charge on any atom is -0.465 e. The van der Waals surface area contributed by atoms with Crippen LogP contribution in [0.1, 0.15) is 22.8 Å². The van der Waals surface area contributed by atoms with Crippen molar-refractivity contribution in [3.8, 4) is 11.1 Å². The first-order valence-electron chi connectivity index (χ1n) is 14.0. The predicted molar refractivity (Wildman–Crippen MR) is 155 cm³/mol. The Morgan fingerprint density at radius 2 is 1.66 bits per heavy atom. The van der Waals surface area contributed by atoms with Gasteiger partial charge in [0.15, 0.2) is 0 Å². The van der Waals surface area contributed by atoms with E-state index in [1.807, 2.05) is 23.8 Å². The molecular weight excluding hydrogens is 587 g/mol. The number of nitrogens with zero attached hydrogens (tertiary/aromatic N) is 5. The van der Waals surface area contributed by atoms with Crippen LogP contribution in [-0.4, -0.2) is 90.8 Å².